The number of nitrogens with one attached hydrogen (secondary N) is 2. The number of hydrogen-bond donors (Lipinski definition) is 2. The molecule has 1 aliphatic carbocycles. The first-order valence-corrected chi connectivity index (χ1v) is 7.41. The van der Waals surface area contributed by atoms with Crippen LogP contribution in [0, 0.1) is 0 Å². The molecule has 0 saturated carbocycles. The van der Waals surface area contributed by atoms with E-state index in [1.165, 1.54) is 11.8 Å². The number of amides is 1. The number of carbonyl (C=O) groups excluding carboxylic acids is 1. The maximum Gasteiger partial charge on any atom is 0.263 e. The van der Waals surface area contributed by atoms with E-state index >= 15 is 0 Å². The molecule has 3 rings (SSSR count). The van der Waals surface area contributed by atoms with Crippen LogP contribution in [0.3, 0.4) is 0 Å². The van der Waals surface area contributed by atoms with Gasteiger partial charge in [0, 0.05) is 22.4 Å². The molecule has 20 heavy (non-hydrogen) atoms. The summed E-state index contributed by atoms with van der Waals surface area (Å²) in [5.74, 6) is -0.138. The number of allylic oxidation sites excluding steroid dienone is 4. The van der Waals surface area contributed by atoms with Gasteiger partial charge in [0.15, 0.2) is 0 Å². The number of benzene rings is 1. The van der Waals surface area contributed by atoms with Crippen LogP contribution in [0.2, 0.25) is 0 Å². The van der Waals surface area contributed by atoms with Gasteiger partial charge in [-0.25, -0.2) is 0 Å². The van der Waals surface area contributed by atoms with Gasteiger partial charge in [-0.1, -0.05) is 48.3 Å². The topological polar surface area (TPSA) is 41.1 Å². The molecule has 0 spiro atoms. The Labute approximate surface area is 126 Å². The Balaban J connectivity index is 1.73. The van der Waals surface area contributed by atoms with E-state index in [1.807, 2.05) is 42.5 Å². The number of thiocarbonyl (C=S) groups is 1. The highest BCUT2D eigenvalue weighted by molar-refractivity contribution is 8.04. The molecule has 2 aliphatic rings. The smallest absolute Gasteiger partial charge is 0.263 e. The number of thioether (sulfide) groups is 1. The Hall–Kier alpha value is -1.85. The van der Waals surface area contributed by atoms with Crippen molar-refractivity contribution in [3.05, 3.63) is 59.3 Å². The van der Waals surface area contributed by atoms with Crippen LogP contribution < -0.4 is 10.6 Å². The quantitative estimate of drug-likeness (QED) is 0.822. The standard InChI is InChI=1S/C15H12N2OS2/c18-15(17-10-5-1-3-7-12(10)19)14-9-16-11-6-2-4-8-13(11)20-14/h1-6,8-9,16H,7H2,(H,17,18). The Bertz CT molecular complexity index is 674. The lowest BCUT2D eigenvalue weighted by atomic mass is 10.1. The molecule has 2 N–H and O–H groups in total. The van der Waals surface area contributed by atoms with Crippen molar-refractivity contribution in [1.29, 1.82) is 0 Å². The lowest BCUT2D eigenvalue weighted by molar-refractivity contribution is -0.116. The molecule has 0 aromatic heterocycles. The van der Waals surface area contributed by atoms with E-state index in [0.29, 0.717) is 17.0 Å². The molecular weight excluding hydrogens is 288 g/mol. The number of fused-ring (bicyclic) bond motifs is 1. The summed E-state index contributed by atoms with van der Waals surface area (Å²) < 4.78 is 0. The second kappa shape index (κ2) is 5.64. The van der Waals surface area contributed by atoms with Gasteiger partial charge in [-0.3, -0.25) is 4.79 Å². The average Bonchev–Trinajstić information content (AvgIpc) is 2.49. The molecule has 0 bridgehead atoms. The van der Waals surface area contributed by atoms with Crippen LogP contribution in [0.25, 0.3) is 0 Å². The van der Waals surface area contributed by atoms with Gasteiger partial charge in [0.1, 0.15) is 0 Å². The van der Waals surface area contributed by atoms with Gasteiger partial charge in [-0.05, 0) is 18.2 Å². The van der Waals surface area contributed by atoms with E-state index in [2.05, 4.69) is 10.6 Å². The molecule has 3 nitrogen and oxygen atoms in total. The summed E-state index contributed by atoms with van der Waals surface area (Å²) in [6.45, 7) is 0. The predicted molar refractivity (Wildman–Crippen MR) is 86.6 cm³/mol. The fourth-order valence-corrected chi connectivity index (χ4v) is 3.01. The third kappa shape index (κ3) is 2.69. The highest BCUT2D eigenvalue weighted by Crippen LogP contribution is 2.36. The van der Waals surface area contributed by atoms with Gasteiger partial charge < -0.3 is 10.6 Å². The van der Waals surface area contributed by atoms with Gasteiger partial charge in [0.2, 0.25) is 0 Å². The number of hydrogen-bond acceptors (Lipinski definition) is 4. The molecule has 0 atom stereocenters. The van der Waals surface area contributed by atoms with Gasteiger partial charge >= 0.3 is 0 Å². The Morgan fingerprint density at radius 3 is 3.05 bits per heavy atom. The van der Waals surface area contributed by atoms with E-state index in [-0.39, 0.29) is 5.91 Å². The second-order valence-corrected chi connectivity index (χ2v) is 5.92. The number of rotatable bonds is 2. The highest BCUT2D eigenvalue weighted by atomic mass is 32.2. The fraction of sp³-hybridized carbons (Fsp3) is 0.0667. The zero-order valence-corrected chi connectivity index (χ0v) is 12.2. The summed E-state index contributed by atoms with van der Waals surface area (Å²) in [5, 5.41) is 6.00. The summed E-state index contributed by atoms with van der Waals surface area (Å²) in [7, 11) is 0. The fourth-order valence-electron chi connectivity index (χ4n) is 1.92. The predicted octanol–water partition coefficient (Wildman–Crippen LogP) is 3.38. The molecule has 1 aliphatic heterocycles. The van der Waals surface area contributed by atoms with E-state index < -0.39 is 0 Å². The Morgan fingerprint density at radius 2 is 2.20 bits per heavy atom. The van der Waals surface area contributed by atoms with Gasteiger partial charge in [-0.15, -0.1) is 0 Å². The first-order chi connectivity index (χ1) is 9.74. The van der Waals surface area contributed by atoms with E-state index in [1.54, 1.807) is 6.20 Å². The largest absolute Gasteiger partial charge is 0.359 e. The molecule has 100 valence electrons. The zero-order chi connectivity index (χ0) is 13.9. The van der Waals surface area contributed by atoms with Crippen molar-refractivity contribution >= 4 is 40.4 Å². The van der Waals surface area contributed by atoms with E-state index in [4.69, 9.17) is 12.2 Å². The Morgan fingerprint density at radius 1 is 1.35 bits per heavy atom. The first kappa shape index (κ1) is 13.1. The second-order valence-electron chi connectivity index (χ2n) is 4.34. The first-order valence-electron chi connectivity index (χ1n) is 6.19. The van der Waals surface area contributed by atoms with Crippen LogP contribution in [0.5, 0.6) is 0 Å². The minimum absolute atomic E-state index is 0.138. The number of anilines is 1. The lowest BCUT2D eigenvalue weighted by Gasteiger charge is -2.18. The SMILES string of the molecule is O=C(NC1=CC=CCC1=S)C1=CNc2ccccc2S1. The molecule has 1 amide bonds. The molecule has 0 radical (unpaired) electrons. The van der Waals surface area contributed by atoms with Crippen LogP contribution in [-0.2, 0) is 4.79 Å². The summed E-state index contributed by atoms with van der Waals surface area (Å²) in [6, 6.07) is 7.89. The summed E-state index contributed by atoms with van der Waals surface area (Å²) >= 11 is 6.69. The van der Waals surface area contributed by atoms with Crippen molar-refractivity contribution in [2.75, 3.05) is 5.32 Å². The van der Waals surface area contributed by atoms with E-state index in [9.17, 15) is 4.79 Å². The number of carbonyl (C=O) groups is 1. The van der Waals surface area contributed by atoms with E-state index in [0.717, 1.165) is 15.4 Å². The zero-order valence-electron chi connectivity index (χ0n) is 10.6. The van der Waals surface area contributed by atoms with Crippen molar-refractivity contribution in [3.63, 3.8) is 0 Å². The average molecular weight is 300 g/mol. The molecule has 0 unspecified atom stereocenters. The van der Waals surface area contributed by atoms with Crippen molar-refractivity contribution in [3.8, 4) is 0 Å². The highest BCUT2D eigenvalue weighted by Gasteiger charge is 2.19. The van der Waals surface area contributed by atoms with Gasteiger partial charge in [-0.2, -0.15) is 0 Å². The molecule has 1 aromatic rings. The summed E-state index contributed by atoms with van der Waals surface area (Å²) in [4.78, 5) is 14.7. The maximum atomic E-state index is 12.3. The minimum atomic E-state index is -0.138. The van der Waals surface area contributed by atoms with Crippen LogP contribution in [0.15, 0.2) is 64.2 Å². The van der Waals surface area contributed by atoms with Gasteiger partial charge in [0.05, 0.1) is 16.3 Å². The van der Waals surface area contributed by atoms with Gasteiger partial charge in [0.25, 0.3) is 5.91 Å². The van der Waals surface area contributed by atoms with Crippen LogP contribution in [0.1, 0.15) is 6.42 Å². The normalized spacial score (nSPS) is 16.7. The molecule has 0 fully saturated rings. The van der Waals surface area contributed by atoms with Crippen molar-refractivity contribution < 1.29 is 4.79 Å². The van der Waals surface area contributed by atoms with Crippen molar-refractivity contribution in [2.45, 2.75) is 11.3 Å². The number of para-hydroxylation sites is 1. The monoisotopic (exact) mass is 300 g/mol. The van der Waals surface area contributed by atoms with Crippen molar-refractivity contribution in [2.24, 2.45) is 0 Å². The maximum absolute atomic E-state index is 12.3. The minimum Gasteiger partial charge on any atom is -0.359 e. The molecule has 1 aromatic carbocycles. The third-order valence-corrected chi connectivity index (χ3v) is 4.43. The van der Waals surface area contributed by atoms with Crippen LogP contribution >= 0.6 is 24.0 Å². The Kier molecular flexibility index (Phi) is 3.71. The van der Waals surface area contributed by atoms with Crippen molar-refractivity contribution in [1.82, 2.24) is 5.32 Å². The molecule has 0 saturated heterocycles. The third-order valence-electron chi connectivity index (χ3n) is 2.94. The molecule has 5 heteroatoms. The summed E-state index contributed by atoms with van der Waals surface area (Å²) in [5.41, 5.74) is 1.73. The van der Waals surface area contributed by atoms with Crippen LogP contribution in [-0.4, -0.2) is 10.8 Å². The molecular formula is C15H12N2OS2. The summed E-state index contributed by atoms with van der Waals surface area (Å²) in [6.07, 6.45) is 8.14. The lowest BCUT2D eigenvalue weighted by Crippen LogP contribution is -2.28. The van der Waals surface area contributed by atoms with Crippen LogP contribution in [0.4, 0.5) is 5.69 Å². The molecule has 1 heterocycles.